The minimum absolute atomic E-state index is 0.196. The molecular formula is C11H13Br2NO2S. The maximum absolute atomic E-state index is 11.7. The molecule has 3 nitrogen and oxygen atoms in total. The van der Waals surface area contributed by atoms with Crippen molar-refractivity contribution in [3.63, 3.8) is 0 Å². The van der Waals surface area contributed by atoms with Crippen molar-refractivity contribution in [1.29, 1.82) is 0 Å². The highest BCUT2D eigenvalue weighted by Gasteiger charge is 2.23. The predicted octanol–water partition coefficient (Wildman–Crippen LogP) is 3.83. The summed E-state index contributed by atoms with van der Waals surface area (Å²) in [6.07, 6.45) is 1.60. The van der Waals surface area contributed by atoms with Gasteiger partial charge < -0.3 is 9.64 Å². The van der Waals surface area contributed by atoms with E-state index in [9.17, 15) is 4.79 Å². The average Bonchev–Trinajstić information content (AvgIpc) is 2.50. The molecule has 0 aliphatic carbocycles. The third-order valence-electron chi connectivity index (χ3n) is 2.75. The SMILES string of the molecule is CCOC(=O)N1CCc2sc(Br)c(Br)c2CC1. The highest BCUT2D eigenvalue weighted by molar-refractivity contribution is 9.13. The van der Waals surface area contributed by atoms with Crippen LogP contribution in [0.1, 0.15) is 17.4 Å². The molecule has 0 fully saturated rings. The molecule has 2 rings (SSSR count). The van der Waals surface area contributed by atoms with Gasteiger partial charge in [0.1, 0.15) is 0 Å². The number of hydrogen-bond donors (Lipinski definition) is 0. The molecular weight excluding hydrogens is 370 g/mol. The predicted molar refractivity (Wildman–Crippen MR) is 75.7 cm³/mol. The van der Waals surface area contributed by atoms with E-state index < -0.39 is 0 Å². The smallest absolute Gasteiger partial charge is 0.409 e. The molecule has 0 saturated heterocycles. The Morgan fingerprint density at radius 1 is 1.41 bits per heavy atom. The summed E-state index contributed by atoms with van der Waals surface area (Å²) in [7, 11) is 0. The number of ether oxygens (including phenoxy) is 1. The minimum atomic E-state index is -0.196. The van der Waals surface area contributed by atoms with Crippen LogP contribution in [0, 0.1) is 0 Å². The highest BCUT2D eigenvalue weighted by Crippen LogP contribution is 2.39. The molecule has 94 valence electrons. The molecule has 0 saturated carbocycles. The maximum Gasteiger partial charge on any atom is 0.409 e. The Labute approximate surface area is 121 Å². The van der Waals surface area contributed by atoms with Gasteiger partial charge in [0.15, 0.2) is 0 Å². The number of amides is 1. The molecule has 1 amide bonds. The van der Waals surface area contributed by atoms with Crippen molar-refractivity contribution in [1.82, 2.24) is 4.90 Å². The number of hydrogen-bond acceptors (Lipinski definition) is 3. The zero-order valence-electron chi connectivity index (χ0n) is 9.46. The van der Waals surface area contributed by atoms with Crippen molar-refractivity contribution < 1.29 is 9.53 Å². The fourth-order valence-corrected chi connectivity index (χ4v) is 4.49. The van der Waals surface area contributed by atoms with E-state index in [1.165, 1.54) is 10.4 Å². The number of rotatable bonds is 1. The lowest BCUT2D eigenvalue weighted by atomic mass is 10.2. The van der Waals surface area contributed by atoms with Crippen molar-refractivity contribution in [2.75, 3.05) is 19.7 Å². The molecule has 1 aliphatic heterocycles. The maximum atomic E-state index is 11.7. The Morgan fingerprint density at radius 3 is 2.82 bits per heavy atom. The second kappa shape index (κ2) is 5.71. The third-order valence-corrected chi connectivity index (χ3v) is 6.39. The van der Waals surface area contributed by atoms with Gasteiger partial charge in [0.25, 0.3) is 0 Å². The van der Waals surface area contributed by atoms with E-state index >= 15 is 0 Å². The summed E-state index contributed by atoms with van der Waals surface area (Å²) in [5, 5.41) is 0. The molecule has 0 atom stereocenters. The lowest BCUT2D eigenvalue weighted by Crippen LogP contribution is -2.33. The molecule has 0 unspecified atom stereocenters. The quantitative estimate of drug-likeness (QED) is 0.738. The van der Waals surface area contributed by atoms with Gasteiger partial charge in [0.2, 0.25) is 0 Å². The van der Waals surface area contributed by atoms with Gasteiger partial charge in [-0.1, -0.05) is 0 Å². The molecule has 17 heavy (non-hydrogen) atoms. The molecule has 6 heteroatoms. The molecule has 1 aromatic heterocycles. The van der Waals surface area contributed by atoms with E-state index in [-0.39, 0.29) is 6.09 Å². The van der Waals surface area contributed by atoms with Crippen LogP contribution in [0.5, 0.6) is 0 Å². The average molecular weight is 383 g/mol. The van der Waals surface area contributed by atoms with Gasteiger partial charge in [-0.15, -0.1) is 11.3 Å². The van der Waals surface area contributed by atoms with Gasteiger partial charge >= 0.3 is 6.09 Å². The van der Waals surface area contributed by atoms with Gasteiger partial charge in [-0.25, -0.2) is 4.79 Å². The minimum Gasteiger partial charge on any atom is -0.450 e. The summed E-state index contributed by atoms with van der Waals surface area (Å²) in [5.41, 5.74) is 1.33. The van der Waals surface area contributed by atoms with Crippen LogP contribution in [0.3, 0.4) is 0 Å². The Hall–Kier alpha value is -0.0700. The van der Waals surface area contributed by atoms with Gasteiger partial charge in [-0.2, -0.15) is 0 Å². The Morgan fingerprint density at radius 2 is 2.12 bits per heavy atom. The Bertz CT molecular complexity index is 433. The Balaban J connectivity index is 2.10. The first-order valence-electron chi connectivity index (χ1n) is 5.50. The van der Waals surface area contributed by atoms with Crippen molar-refractivity contribution in [2.24, 2.45) is 0 Å². The van der Waals surface area contributed by atoms with Crippen molar-refractivity contribution in [2.45, 2.75) is 19.8 Å². The van der Waals surface area contributed by atoms with Crippen molar-refractivity contribution in [3.8, 4) is 0 Å². The van der Waals surface area contributed by atoms with Crippen LogP contribution in [0.25, 0.3) is 0 Å². The van der Waals surface area contributed by atoms with E-state index in [0.29, 0.717) is 6.61 Å². The number of nitrogens with zero attached hydrogens (tertiary/aromatic N) is 1. The zero-order valence-corrected chi connectivity index (χ0v) is 13.5. The summed E-state index contributed by atoms with van der Waals surface area (Å²) < 4.78 is 7.32. The first-order valence-corrected chi connectivity index (χ1v) is 7.91. The van der Waals surface area contributed by atoms with Crippen molar-refractivity contribution >= 4 is 49.3 Å². The van der Waals surface area contributed by atoms with Crippen LogP contribution >= 0.6 is 43.2 Å². The van der Waals surface area contributed by atoms with Gasteiger partial charge in [-0.05, 0) is 57.2 Å². The van der Waals surface area contributed by atoms with E-state index in [1.54, 1.807) is 16.2 Å². The summed E-state index contributed by atoms with van der Waals surface area (Å²) in [5.74, 6) is 0. The number of fused-ring (bicyclic) bond motifs is 1. The molecule has 0 aromatic carbocycles. The van der Waals surface area contributed by atoms with Crippen molar-refractivity contribution in [3.05, 3.63) is 18.7 Å². The topological polar surface area (TPSA) is 29.5 Å². The second-order valence-corrected chi connectivity index (χ2v) is 6.99. The monoisotopic (exact) mass is 381 g/mol. The molecule has 1 aliphatic rings. The number of carbonyl (C=O) groups is 1. The van der Waals surface area contributed by atoms with Crippen LogP contribution in [-0.4, -0.2) is 30.7 Å². The molecule has 0 radical (unpaired) electrons. The molecule has 0 spiro atoms. The standard InChI is InChI=1S/C11H13Br2NO2S/c1-2-16-11(15)14-5-3-7-8(4-6-14)17-10(13)9(7)12/h2-6H2,1H3. The van der Waals surface area contributed by atoms with Crippen LogP contribution < -0.4 is 0 Å². The van der Waals surface area contributed by atoms with E-state index in [2.05, 4.69) is 31.9 Å². The van der Waals surface area contributed by atoms with Gasteiger partial charge in [-0.3, -0.25) is 0 Å². The fraction of sp³-hybridized carbons (Fsp3) is 0.545. The van der Waals surface area contributed by atoms with Crippen LogP contribution in [-0.2, 0) is 17.6 Å². The van der Waals surface area contributed by atoms with E-state index in [1.807, 2.05) is 6.92 Å². The summed E-state index contributed by atoms with van der Waals surface area (Å²) in [4.78, 5) is 14.8. The first-order chi connectivity index (χ1) is 8.13. The molecule has 1 aromatic rings. The molecule has 0 N–H and O–H groups in total. The van der Waals surface area contributed by atoms with Crippen LogP contribution in [0.4, 0.5) is 4.79 Å². The van der Waals surface area contributed by atoms with Gasteiger partial charge in [0.05, 0.1) is 10.4 Å². The summed E-state index contributed by atoms with van der Waals surface area (Å²) in [6, 6.07) is 0. The molecule has 0 bridgehead atoms. The van der Waals surface area contributed by atoms with Crippen LogP contribution in [0.2, 0.25) is 0 Å². The van der Waals surface area contributed by atoms with E-state index in [4.69, 9.17) is 4.74 Å². The molecule has 2 heterocycles. The lowest BCUT2D eigenvalue weighted by Gasteiger charge is -2.19. The number of halogens is 2. The van der Waals surface area contributed by atoms with Gasteiger partial charge in [0, 0.05) is 22.4 Å². The van der Waals surface area contributed by atoms with Crippen LogP contribution in [0.15, 0.2) is 8.26 Å². The summed E-state index contributed by atoms with van der Waals surface area (Å²) >= 11 is 8.87. The highest BCUT2D eigenvalue weighted by atomic mass is 79.9. The normalized spacial score (nSPS) is 15.4. The third kappa shape index (κ3) is 2.85. The fourth-order valence-electron chi connectivity index (χ4n) is 1.90. The summed E-state index contributed by atoms with van der Waals surface area (Å²) in [6.45, 7) is 3.74. The second-order valence-electron chi connectivity index (χ2n) is 3.78. The zero-order chi connectivity index (χ0) is 12.4. The van der Waals surface area contributed by atoms with E-state index in [0.717, 1.165) is 34.2 Å². The first kappa shape index (κ1) is 13.4. The lowest BCUT2D eigenvalue weighted by molar-refractivity contribution is 0.109. The number of carbonyl (C=O) groups excluding carboxylic acids is 1. The largest absolute Gasteiger partial charge is 0.450 e. The number of thiophene rings is 1. The Kier molecular flexibility index (Phi) is 4.49.